The summed E-state index contributed by atoms with van der Waals surface area (Å²) in [5, 5.41) is 20.2. The van der Waals surface area contributed by atoms with Gasteiger partial charge in [0, 0.05) is 10.4 Å². The minimum absolute atomic E-state index is 0.0150. The van der Waals surface area contributed by atoms with Gasteiger partial charge in [0.2, 0.25) is 0 Å². The fourth-order valence-electron chi connectivity index (χ4n) is 3.24. The van der Waals surface area contributed by atoms with Crippen molar-refractivity contribution in [3.8, 4) is 0 Å². The van der Waals surface area contributed by atoms with E-state index in [0.717, 1.165) is 10.4 Å². The zero-order valence-corrected chi connectivity index (χ0v) is 18.1. The molecule has 0 bridgehead atoms. The number of nitrogens with zero attached hydrogens (tertiary/aromatic N) is 3. The van der Waals surface area contributed by atoms with E-state index in [1.165, 1.54) is 18.4 Å². The van der Waals surface area contributed by atoms with Gasteiger partial charge < -0.3 is 10.1 Å². The number of carbonyl (C=O) groups excluding carboxylic acids is 2. The van der Waals surface area contributed by atoms with E-state index in [2.05, 4.69) is 10.4 Å². The third kappa shape index (κ3) is 5.15. The van der Waals surface area contributed by atoms with E-state index < -0.39 is 16.9 Å². The Bertz CT molecular complexity index is 1090. The summed E-state index contributed by atoms with van der Waals surface area (Å²) >= 11 is 1.45. The third-order valence-corrected chi connectivity index (χ3v) is 5.85. The summed E-state index contributed by atoms with van der Waals surface area (Å²) in [4.78, 5) is 36.0. The lowest BCUT2D eigenvalue weighted by atomic mass is 10.1. The molecule has 0 fully saturated rings. The second kappa shape index (κ2) is 9.52. The molecular weight excluding hydrogens is 420 g/mol. The normalized spacial score (nSPS) is 11.7. The molecule has 3 aromatic rings. The van der Waals surface area contributed by atoms with Crippen LogP contribution in [0.3, 0.4) is 0 Å². The summed E-state index contributed by atoms with van der Waals surface area (Å²) in [7, 11) is 1.31. The highest BCUT2D eigenvalue weighted by molar-refractivity contribution is 7.10. The molecule has 0 spiro atoms. The van der Waals surface area contributed by atoms with E-state index in [9.17, 15) is 19.7 Å². The molecule has 10 heteroatoms. The number of aromatic nitrogens is 2. The molecule has 0 aliphatic heterocycles. The van der Waals surface area contributed by atoms with E-state index in [4.69, 9.17) is 4.74 Å². The Balaban J connectivity index is 1.72. The zero-order valence-electron chi connectivity index (χ0n) is 17.3. The van der Waals surface area contributed by atoms with E-state index in [1.807, 2.05) is 17.5 Å². The lowest BCUT2D eigenvalue weighted by Gasteiger charge is -2.16. The van der Waals surface area contributed by atoms with Gasteiger partial charge in [-0.15, -0.1) is 11.3 Å². The first-order valence-electron chi connectivity index (χ1n) is 9.48. The number of ether oxygens (including phenoxy) is 1. The second-order valence-electron chi connectivity index (χ2n) is 6.95. The standard InChI is InChI=1S/C21H22N4O5S/c1-13-20(25(28)29)14(2)24(23-13)12-15-6-8-16(9-7-15)21(27)22-17(11-19(26)30-3)18-5-4-10-31-18/h4-10,17H,11-12H2,1-3H3,(H,22,27). The Morgan fingerprint density at radius 2 is 1.97 bits per heavy atom. The SMILES string of the molecule is COC(=O)CC(NC(=O)c1ccc(Cn2nc(C)c([N+](=O)[O-])c2C)cc1)c1cccs1. The number of aryl methyl sites for hydroxylation is 1. The van der Waals surface area contributed by atoms with Gasteiger partial charge in [-0.25, -0.2) is 0 Å². The minimum Gasteiger partial charge on any atom is -0.469 e. The molecule has 2 aromatic heterocycles. The monoisotopic (exact) mass is 442 g/mol. The van der Waals surface area contributed by atoms with Crippen molar-refractivity contribution in [1.82, 2.24) is 15.1 Å². The van der Waals surface area contributed by atoms with Gasteiger partial charge in [-0.1, -0.05) is 18.2 Å². The van der Waals surface area contributed by atoms with Gasteiger partial charge in [0.1, 0.15) is 11.4 Å². The number of nitro groups is 1. The molecule has 0 aliphatic carbocycles. The van der Waals surface area contributed by atoms with Gasteiger partial charge in [-0.3, -0.25) is 24.4 Å². The van der Waals surface area contributed by atoms with Crippen molar-refractivity contribution in [2.45, 2.75) is 32.9 Å². The van der Waals surface area contributed by atoms with Gasteiger partial charge in [0.05, 0.1) is 31.0 Å². The maximum Gasteiger partial charge on any atom is 0.312 e. The number of amides is 1. The fraction of sp³-hybridized carbons (Fsp3) is 0.286. The number of hydrogen-bond donors (Lipinski definition) is 1. The molecule has 9 nitrogen and oxygen atoms in total. The molecule has 0 saturated carbocycles. The van der Waals surface area contributed by atoms with Gasteiger partial charge >= 0.3 is 11.7 Å². The second-order valence-corrected chi connectivity index (χ2v) is 7.93. The first kappa shape index (κ1) is 22.2. The molecule has 0 aliphatic rings. The Morgan fingerprint density at radius 3 is 2.52 bits per heavy atom. The lowest BCUT2D eigenvalue weighted by molar-refractivity contribution is -0.386. The van der Waals surface area contributed by atoms with E-state index in [-0.39, 0.29) is 18.0 Å². The van der Waals surface area contributed by atoms with Crippen molar-refractivity contribution >= 4 is 28.9 Å². The Morgan fingerprint density at radius 1 is 1.26 bits per heavy atom. The van der Waals surface area contributed by atoms with Gasteiger partial charge in [-0.2, -0.15) is 5.10 Å². The molecule has 1 unspecified atom stereocenters. The average molecular weight is 442 g/mol. The van der Waals surface area contributed by atoms with Crippen LogP contribution in [0.5, 0.6) is 0 Å². The smallest absolute Gasteiger partial charge is 0.312 e. The average Bonchev–Trinajstić information content (AvgIpc) is 3.36. The highest BCUT2D eigenvalue weighted by atomic mass is 32.1. The van der Waals surface area contributed by atoms with Crippen LogP contribution in [0.25, 0.3) is 0 Å². The predicted molar refractivity (Wildman–Crippen MR) is 115 cm³/mol. The minimum atomic E-state index is -0.477. The van der Waals surface area contributed by atoms with Crippen LogP contribution in [0.15, 0.2) is 41.8 Å². The molecule has 1 atom stereocenters. The summed E-state index contributed by atoms with van der Waals surface area (Å²) in [6.45, 7) is 3.61. The number of esters is 1. The Hall–Kier alpha value is -3.53. The molecule has 162 valence electrons. The van der Waals surface area contributed by atoms with Gasteiger partial charge in [-0.05, 0) is 43.0 Å². The summed E-state index contributed by atoms with van der Waals surface area (Å²) in [5.74, 6) is -0.719. The van der Waals surface area contributed by atoms with E-state index >= 15 is 0 Å². The maximum atomic E-state index is 12.7. The van der Waals surface area contributed by atoms with Crippen molar-refractivity contribution in [3.05, 3.63) is 79.3 Å². The lowest BCUT2D eigenvalue weighted by Crippen LogP contribution is -2.30. The van der Waals surface area contributed by atoms with Gasteiger partial charge in [0.25, 0.3) is 5.91 Å². The van der Waals surface area contributed by atoms with Crippen molar-refractivity contribution in [2.75, 3.05) is 7.11 Å². The van der Waals surface area contributed by atoms with Crippen LogP contribution in [-0.4, -0.2) is 33.7 Å². The third-order valence-electron chi connectivity index (χ3n) is 4.86. The summed E-state index contributed by atoms with van der Waals surface area (Å²) < 4.78 is 6.31. The molecule has 31 heavy (non-hydrogen) atoms. The van der Waals surface area contributed by atoms with Crippen LogP contribution in [0.4, 0.5) is 5.69 Å². The highest BCUT2D eigenvalue weighted by Crippen LogP contribution is 2.24. The molecule has 3 rings (SSSR count). The first-order valence-corrected chi connectivity index (χ1v) is 10.4. The molecule has 1 N–H and O–H groups in total. The molecule has 0 saturated heterocycles. The Labute approximate surface area is 182 Å². The maximum absolute atomic E-state index is 12.7. The number of methoxy groups -OCH3 is 1. The zero-order chi connectivity index (χ0) is 22.5. The number of hydrogen-bond acceptors (Lipinski definition) is 7. The van der Waals surface area contributed by atoms with E-state index in [1.54, 1.807) is 42.8 Å². The van der Waals surface area contributed by atoms with Crippen molar-refractivity contribution in [1.29, 1.82) is 0 Å². The van der Waals surface area contributed by atoms with Gasteiger partial charge in [0.15, 0.2) is 0 Å². The largest absolute Gasteiger partial charge is 0.469 e. The number of rotatable bonds is 8. The number of thiophene rings is 1. The number of nitrogens with one attached hydrogen (secondary N) is 1. The van der Waals surface area contributed by atoms with Crippen molar-refractivity contribution in [2.24, 2.45) is 0 Å². The summed E-state index contributed by atoms with van der Waals surface area (Å²) in [6.07, 6.45) is 0.0392. The highest BCUT2D eigenvalue weighted by Gasteiger charge is 2.22. The van der Waals surface area contributed by atoms with Crippen LogP contribution in [-0.2, 0) is 16.1 Å². The topological polar surface area (TPSA) is 116 Å². The Kier molecular flexibility index (Phi) is 6.81. The predicted octanol–water partition coefficient (Wildman–Crippen LogP) is 3.55. The molecule has 1 amide bonds. The fourth-order valence-corrected chi connectivity index (χ4v) is 4.02. The van der Waals surface area contributed by atoms with Crippen LogP contribution < -0.4 is 5.32 Å². The first-order chi connectivity index (χ1) is 14.8. The van der Waals surface area contributed by atoms with Crippen LogP contribution in [0.2, 0.25) is 0 Å². The van der Waals surface area contributed by atoms with Crippen molar-refractivity contribution < 1.29 is 19.2 Å². The summed E-state index contributed by atoms with van der Waals surface area (Å²) in [6, 6.07) is 10.1. The molecule has 2 heterocycles. The molecule has 0 radical (unpaired) electrons. The molecule has 1 aromatic carbocycles. The quantitative estimate of drug-likeness (QED) is 0.324. The summed E-state index contributed by atoms with van der Waals surface area (Å²) in [5.41, 5.74) is 2.15. The van der Waals surface area contributed by atoms with E-state index in [0.29, 0.717) is 23.5 Å². The molecular formula is C21H22N4O5S. The van der Waals surface area contributed by atoms with Crippen LogP contribution in [0.1, 0.15) is 44.6 Å². The van der Waals surface area contributed by atoms with Crippen molar-refractivity contribution in [3.63, 3.8) is 0 Å². The number of carbonyl (C=O) groups is 2. The van der Waals surface area contributed by atoms with Crippen LogP contribution >= 0.6 is 11.3 Å². The number of benzene rings is 1. The van der Waals surface area contributed by atoms with Crippen LogP contribution in [0, 0.1) is 24.0 Å².